The number of hydrogen-bond acceptors (Lipinski definition) is 7. The Bertz CT molecular complexity index is 1860. The molecule has 44 heavy (non-hydrogen) atoms. The third-order valence-corrected chi connectivity index (χ3v) is 6.71. The van der Waals surface area contributed by atoms with Gasteiger partial charge in [0.15, 0.2) is 11.3 Å². The van der Waals surface area contributed by atoms with Gasteiger partial charge >= 0.3 is 12.1 Å². The SMILES string of the molecule is Cc1noc2cc(NC(=O)c3cccc(-n4nc(C(F)(F)F)c(Cl)c4COc4ccc(C(=O)OC(C)(C)C)cc4)c3)ccc12. The molecule has 9 nitrogen and oxygen atoms in total. The molecule has 0 saturated heterocycles. The van der Waals surface area contributed by atoms with Crippen molar-refractivity contribution in [2.24, 2.45) is 0 Å². The largest absolute Gasteiger partial charge is 0.487 e. The third-order valence-electron chi connectivity index (χ3n) is 6.31. The summed E-state index contributed by atoms with van der Waals surface area (Å²) in [6, 6.07) is 16.9. The van der Waals surface area contributed by atoms with E-state index in [1.165, 1.54) is 48.5 Å². The van der Waals surface area contributed by atoms with E-state index in [2.05, 4.69) is 15.6 Å². The first kappa shape index (κ1) is 30.6. The second kappa shape index (κ2) is 11.7. The van der Waals surface area contributed by atoms with Crippen molar-refractivity contribution >= 4 is 40.1 Å². The topological polar surface area (TPSA) is 108 Å². The maximum Gasteiger partial charge on any atom is 0.436 e. The summed E-state index contributed by atoms with van der Waals surface area (Å²) in [7, 11) is 0. The highest BCUT2D eigenvalue weighted by atomic mass is 35.5. The van der Waals surface area contributed by atoms with Crippen LogP contribution in [0.15, 0.2) is 71.3 Å². The van der Waals surface area contributed by atoms with Crippen molar-refractivity contribution in [3.8, 4) is 11.4 Å². The van der Waals surface area contributed by atoms with Crippen molar-refractivity contribution < 1.29 is 36.8 Å². The summed E-state index contributed by atoms with van der Waals surface area (Å²) in [5, 5.41) is 10.5. The van der Waals surface area contributed by atoms with Gasteiger partial charge in [-0.05, 0) is 82.3 Å². The number of halogens is 4. The number of rotatable bonds is 7. The molecular weight excluding hydrogens is 601 g/mol. The highest BCUT2D eigenvalue weighted by Gasteiger charge is 2.39. The fraction of sp³-hybridized carbons (Fsp3) is 0.226. The lowest BCUT2D eigenvalue weighted by molar-refractivity contribution is -0.141. The molecule has 13 heteroatoms. The van der Waals surface area contributed by atoms with E-state index in [0.29, 0.717) is 17.0 Å². The van der Waals surface area contributed by atoms with Crippen molar-refractivity contribution in [2.45, 2.75) is 46.1 Å². The monoisotopic (exact) mass is 626 g/mol. The first-order valence-electron chi connectivity index (χ1n) is 13.3. The molecule has 0 aliphatic heterocycles. The number of aromatic nitrogens is 3. The zero-order valence-electron chi connectivity index (χ0n) is 24.0. The molecule has 0 atom stereocenters. The number of carbonyl (C=O) groups is 2. The molecule has 0 radical (unpaired) electrons. The average molecular weight is 627 g/mol. The molecule has 0 unspecified atom stereocenters. The van der Waals surface area contributed by atoms with Crippen molar-refractivity contribution in [2.75, 3.05) is 5.32 Å². The quantitative estimate of drug-likeness (QED) is 0.184. The lowest BCUT2D eigenvalue weighted by Crippen LogP contribution is -2.23. The molecule has 0 aliphatic rings. The number of aryl methyl sites for hydroxylation is 1. The first-order valence-corrected chi connectivity index (χ1v) is 13.7. The smallest absolute Gasteiger partial charge is 0.436 e. The molecule has 0 fully saturated rings. The summed E-state index contributed by atoms with van der Waals surface area (Å²) < 4.78 is 58.7. The van der Waals surface area contributed by atoms with E-state index in [0.717, 1.165) is 10.1 Å². The van der Waals surface area contributed by atoms with Crippen molar-refractivity contribution in [3.05, 3.63) is 100.0 Å². The van der Waals surface area contributed by atoms with Crippen LogP contribution in [0.4, 0.5) is 18.9 Å². The number of carbonyl (C=O) groups excluding carboxylic acids is 2. The Kier molecular flexibility index (Phi) is 8.13. The fourth-order valence-corrected chi connectivity index (χ4v) is 4.53. The van der Waals surface area contributed by atoms with Crippen molar-refractivity contribution in [3.63, 3.8) is 0 Å². The number of esters is 1. The Hall–Kier alpha value is -4.84. The highest BCUT2D eigenvalue weighted by Crippen LogP contribution is 2.37. The fourth-order valence-electron chi connectivity index (χ4n) is 4.25. The Morgan fingerprint density at radius 3 is 2.41 bits per heavy atom. The van der Waals surface area contributed by atoms with Gasteiger partial charge in [0.2, 0.25) is 0 Å². The number of fused-ring (bicyclic) bond motifs is 1. The summed E-state index contributed by atoms with van der Waals surface area (Å²) in [6.07, 6.45) is -4.85. The van der Waals surface area contributed by atoms with Crippen LogP contribution in [-0.2, 0) is 17.5 Å². The van der Waals surface area contributed by atoms with Crippen LogP contribution in [0.3, 0.4) is 0 Å². The second-order valence-electron chi connectivity index (χ2n) is 10.8. The summed E-state index contributed by atoms with van der Waals surface area (Å²) in [4.78, 5) is 25.4. The van der Waals surface area contributed by atoms with E-state index >= 15 is 0 Å². The van der Waals surface area contributed by atoms with Crippen LogP contribution < -0.4 is 10.1 Å². The molecule has 0 aliphatic carbocycles. The predicted molar refractivity (Wildman–Crippen MR) is 156 cm³/mol. The lowest BCUT2D eigenvalue weighted by Gasteiger charge is -2.19. The molecule has 228 valence electrons. The number of amides is 1. The van der Waals surface area contributed by atoms with Gasteiger partial charge in [-0.15, -0.1) is 0 Å². The average Bonchev–Trinajstić information content (AvgIpc) is 3.50. The van der Waals surface area contributed by atoms with Gasteiger partial charge in [-0.3, -0.25) is 4.79 Å². The molecule has 5 rings (SSSR count). The Morgan fingerprint density at radius 2 is 1.73 bits per heavy atom. The van der Waals surface area contributed by atoms with Gasteiger partial charge in [0, 0.05) is 22.7 Å². The van der Waals surface area contributed by atoms with Crippen molar-refractivity contribution in [1.82, 2.24) is 14.9 Å². The number of nitrogens with one attached hydrogen (secondary N) is 1. The van der Waals surface area contributed by atoms with Gasteiger partial charge in [0.05, 0.1) is 22.0 Å². The minimum atomic E-state index is -4.85. The van der Waals surface area contributed by atoms with Crippen LogP contribution in [-0.4, -0.2) is 32.4 Å². The van der Waals surface area contributed by atoms with Gasteiger partial charge in [0.25, 0.3) is 5.91 Å². The normalized spacial score (nSPS) is 11.9. The minimum absolute atomic E-state index is 0.0982. The van der Waals surface area contributed by atoms with Crippen LogP contribution in [0.1, 0.15) is 58.6 Å². The van der Waals surface area contributed by atoms with Gasteiger partial charge < -0.3 is 19.3 Å². The molecule has 0 saturated carbocycles. The van der Waals surface area contributed by atoms with E-state index in [1.807, 2.05) is 0 Å². The first-order chi connectivity index (χ1) is 20.7. The molecule has 5 aromatic rings. The summed E-state index contributed by atoms with van der Waals surface area (Å²) in [5.41, 5.74) is 0.140. The van der Waals surface area contributed by atoms with E-state index in [4.69, 9.17) is 25.6 Å². The summed E-state index contributed by atoms with van der Waals surface area (Å²) in [5.74, 6) is -0.779. The van der Waals surface area contributed by atoms with E-state index in [9.17, 15) is 22.8 Å². The van der Waals surface area contributed by atoms with Gasteiger partial charge in [-0.25, -0.2) is 9.48 Å². The Balaban J connectivity index is 1.39. The van der Waals surface area contributed by atoms with Gasteiger partial charge in [-0.2, -0.15) is 18.3 Å². The Labute approximate surface area is 254 Å². The van der Waals surface area contributed by atoms with E-state index in [1.54, 1.807) is 45.9 Å². The zero-order valence-corrected chi connectivity index (χ0v) is 24.7. The molecule has 0 bridgehead atoms. The molecule has 2 heterocycles. The number of benzene rings is 3. The minimum Gasteiger partial charge on any atom is -0.487 e. The molecule has 1 amide bonds. The van der Waals surface area contributed by atoms with Crippen LogP contribution in [0.2, 0.25) is 5.02 Å². The molecule has 3 aromatic carbocycles. The molecule has 0 spiro atoms. The van der Waals surface area contributed by atoms with Gasteiger partial charge in [-0.1, -0.05) is 22.8 Å². The second-order valence-corrected chi connectivity index (χ2v) is 11.2. The number of hydrogen-bond donors (Lipinski definition) is 1. The van der Waals surface area contributed by atoms with Crippen LogP contribution in [0.5, 0.6) is 5.75 Å². The number of ether oxygens (including phenoxy) is 2. The maximum atomic E-state index is 13.8. The van der Waals surface area contributed by atoms with Crippen LogP contribution in [0, 0.1) is 6.92 Å². The predicted octanol–water partition coefficient (Wildman–Crippen LogP) is 7.78. The highest BCUT2D eigenvalue weighted by molar-refractivity contribution is 6.32. The third kappa shape index (κ3) is 6.70. The Morgan fingerprint density at radius 1 is 1.00 bits per heavy atom. The number of alkyl halides is 3. The standard InChI is InChI=1S/C31H26ClF3N4O5/c1-17-23-13-10-20(15-25(23)44-38-17)36-28(40)19-6-5-7-21(14-19)39-24(26(32)27(37-39)31(33,34)35)16-42-22-11-8-18(9-12-22)29(41)43-30(2,3)4/h5-15H,16H2,1-4H3,(H,36,40). The van der Waals surface area contributed by atoms with Crippen LogP contribution >= 0.6 is 11.6 Å². The summed E-state index contributed by atoms with van der Waals surface area (Å²) in [6.45, 7) is 6.62. The van der Waals surface area contributed by atoms with E-state index in [-0.39, 0.29) is 28.3 Å². The zero-order chi connectivity index (χ0) is 31.8. The van der Waals surface area contributed by atoms with Gasteiger partial charge in [0.1, 0.15) is 23.7 Å². The molecule has 1 N–H and O–H groups in total. The van der Waals surface area contributed by atoms with Crippen molar-refractivity contribution in [1.29, 1.82) is 0 Å². The van der Waals surface area contributed by atoms with Crippen LogP contribution in [0.25, 0.3) is 16.7 Å². The molecular formula is C31H26ClF3N4O5. The summed E-state index contributed by atoms with van der Waals surface area (Å²) >= 11 is 6.18. The van der Waals surface area contributed by atoms with E-state index < -0.39 is 41.0 Å². The number of nitrogens with zero attached hydrogens (tertiary/aromatic N) is 3. The molecule has 2 aromatic heterocycles. The number of anilines is 1. The maximum absolute atomic E-state index is 13.8. The lowest BCUT2D eigenvalue weighted by atomic mass is 10.1.